The predicted octanol–water partition coefficient (Wildman–Crippen LogP) is 8.80. The Morgan fingerprint density at radius 1 is 0.838 bits per heavy atom. The second kappa shape index (κ2) is 21.5. The highest BCUT2D eigenvalue weighted by Crippen LogP contribution is 2.43. The van der Waals surface area contributed by atoms with E-state index in [2.05, 4.69) is 41.1 Å². The van der Waals surface area contributed by atoms with Crippen molar-refractivity contribution in [3.05, 3.63) is 119 Å². The number of hydrogen-bond acceptors (Lipinski definition) is 11. The Bertz CT molecular complexity index is 2680. The number of anilines is 2. The molecule has 1 aliphatic carbocycles. The third kappa shape index (κ3) is 12.9. The van der Waals surface area contributed by atoms with Crippen molar-refractivity contribution in [3.8, 4) is 0 Å². The number of benzene rings is 4. The fourth-order valence-corrected chi connectivity index (χ4v) is 12.0. The second-order valence-corrected chi connectivity index (χ2v) is 23.3. The van der Waals surface area contributed by atoms with Crippen molar-refractivity contribution in [3.63, 3.8) is 0 Å². The summed E-state index contributed by atoms with van der Waals surface area (Å²) in [7, 11) is -11.0. The summed E-state index contributed by atoms with van der Waals surface area (Å²) < 4.78 is 98.0. The van der Waals surface area contributed by atoms with Crippen LogP contribution in [0.5, 0.6) is 0 Å². The number of nitrogens with zero attached hydrogens (tertiary/aromatic N) is 4. The van der Waals surface area contributed by atoms with E-state index in [1.54, 1.807) is 12.1 Å². The van der Waals surface area contributed by atoms with Gasteiger partial charge in [-0.15, -0.1) is 11.8 Å². The number of hydrogen-bond donors (Lipinski definition) is 3. The molecule has 3 N–H and O–H groups in total. The van der Waals surface area contributed by atoms with Crippen LogP contribution >= 0.6 is 23.4 Å². The molecule has 68 heavy (non-hydrogen) atoms. The summed E-state index contributed by atoms with van der Waals surface area (Å²) in [5.41, 5.74) is -1.20. The van der Waals surface area contributed by atoms with Crippen LogP contribution in [0.1, 0.15) is 55.5 Å². The van der Waals surface area contributed by atoms with Gasteiger partial charge in [0.1, 0.15) is 4.90 Å². The van der Waals surface area contributed by atoms with Gasteiger partial charge in [0.2, 0.25) is 0 Å². The van der Waals surface area contributed by atoms with E-state index in [0.29, 0.717) is 42.9 Å². The average Bonchev–Trinajstić information content (AvgIpc) is 3.30. The van der Waals surface area contributed by atoms with E-state index >= 15 is 0 Å². The smallest absolute Gasteiger partial charge is 0.465 e. The number of halogens is 4. The Kier molecular flexibility index (Phi) is 16.1. The third-order valence-corrected chi connectivity index (χ3v) is 17.0. The fraction of sp³-hybridized carbons (Fsp3) is 0.417. The zero-order valence-corrected chi connectivity index (χ0v) is 41.0. The van der Waals surface area contributed by atoms with E-state index in [1.807, 2.05) is 52.1 Å². The maximum atomic E-state index is 14.2. The largest absolute Gasteiger partial charge is 0.501 e. The number of carbonyl (C=O) groups is 2. The lowest BCUT2D eigenvalue weighted by Gasteiger charge is -2.39. The van der Waals surface area contributed by atoms with Gasteiger partial charge in [-0.25, -0.2) is 26.4 Å². The summed E-state index contributed by atoms with van der Waals surface area (Å²) in [6.45, 7) is 10.4. The first-order valence-electron chi connectivity index (χ1n) is 22.4. The maximum absolute atomic E-state index is 14.2. The number of thioether (sulfide) groups is 1. The molecule has 2 fully saturated rings. The quantitative estimate of drug-likeness (QED) is 0.0918. The van der Waals surface area contributed by atoms with Crippen LogP contribution in [0, 0.1) is 5.41 Å². The van der Waals surface area contributed by atoms with Gasteiger partial charge >= 0.3 is 11.6 Å². The van der Waals surface area contributed by atoms with Crippen molar-refractivity contribution in [2.24, 2.45) is 5.41 Å². The number of alkyl halides is 3. The molecule has 7 rings (SSSR count). The molecule has 3 aliphatic rings. The summed E-state index contributed by atoms with van der Waals surface area (Å²) in [6, 6.07) is 25.3. The molecule has 2 heterocycles. The van der Waals surface area contributed by atoms with E-state index in [-0.39, 0.29) is 24.1 Å². The first kappa shape index (κ1) is 51.1. The van der Waals surface area contributed by atoms with Crippen molar-refractivity contribution >= 4 is 72.2 Å². The molecule has 2 saturated heterocycles. The number of piperazine rings is 2. The van der Waals surface area contributed by atoms with Gasteiger partial charge in [0.15, 0.2) is 0 Å². The Balaban J connectivity index is 1.02. The number of nitrogens with one attached hydrogen (secondary N) is 2. The van der Waals surface area contributed by atoms with E-state index < -0.39 is 58.9 Å². The number of amides is 2. The Labute approximate surface area is 405 Å². The first-order valence-corrected chi connectivity index (χ1v) is 26.7. The van der Waals surface area contributed by atoms with Gasteiger partial charge < -0.3 is 20.2 Å². The SMILES string of the molecule is CC1(C)CCC(c2ccc(Cl)cc2)=C(CN2CCN(c3ccc(C(=O)NS(=O)(=O)c4ccc(N[C@H](CCN5CCN(C(=O)O)CC5)CSc5ccccc5)c(S(=O)(=O)C(F)(F)F)c4)cc3)CC2)C1. The minimum Gasteiger partial charge on any atom is -0.465 e. The molecule has 20 heteroatoms. The molecule has 0 spiro atoms. The second-order valence-electron chi connectivity index (χ2n) is 18.1. The van der Waals surface area contributed by atoms with Gasteiger partial charge in [0.05, 0.1) is 10.6 Å². The number of rotatable bonds is 16. The van der Waals surface area contributed by atoms with Gasteiger partial charge in [-0.05, 0) is 109 Å². The molecule has 13 nitrogen and oxygen atoms in total. The van der Waals surface area contributed by atoms with Crippen LogP contribution in [-0.4, -0.2) is 131 Å². The maximum Gasteiger partial charge on any atom is 0.501 e. The Hall–Kier alpha value is -4.79. The number of sulfonamides is 1. The molecule has 0 saturated carbocycles. The van der Waals surface area contributed by atoms with Gasteiger partial charge in [0.25, 0.3) is 25.8 Å². The molecule has 366 valence electrons. The number of carbonyl (C=O) groups excluding carboxylic acids is 1. The van der Waals surface area contributed by atoms with Crippen molar-refractivity contribution in [1.29, 1.82) is 0 Å². The van der Waals surface area contributed by atoms with Crippen LogP contribution in [0.25, 0.3) is 5.57 Å². The van der Waals surface area contributed by atoms with E-state index in [9.17, 15) is 44.7 Å². The van der Waals surface area contributed by atoms with Crippen LogP contribution < -0.4 is 14.9 Å². The van der Waals surface area contributed by atoms with Crippen LogP contribution in [0.15, 0.2) is 117 Å². The van der Waals surface area contributed by atoms with E-state index in [1.165, 1.54) is 45.5 Å². The highest BCUT2D eigenvalue weighted by molar-refractivity contribution is 7.99. The number of carboxylic acid groups (broad SMARTS) is 1. The molecular weight excluding hydrogens is 961 g/mol. The highest BCUT2D eigenvalue weighted by atomic mass is 35.5. The Morgan fingerprint density at radius 3 is 2.12 bits per heavy atom. The molecule has 0 aromatic heterocycles. The Morgan fingerprint density at radius 2 is 1.49 bits per heavy atom. The standard InChI is InChI=1S/C48H56ClF3N6O7S3/c1-47(2)20-18-42(34-8-12-37(49)13-9-34)36(31-47)32-56-24-26-57(27-25-56)39-14-10-35(11-15-39)45(59)54-68(64,65)41-16-17-43(44(30-41)67(62,63)48(50,51)52)53-38(33-66-40-6-4-3-5-7-40)19-21-55-22-28-58(29-23-55)46(60)61/h3-17,30,38,53H,18-29,31-33H2,1-2H3,(H,54,59)(H,60,61)/t38-/m1/s1. The van der Waals surface area contributed by atoms with E-state index in [4.69, 9.17) is 11.6 Å². The van der Waals surface area contributed by atoms with Gasteiger partial charge in [-0.3, -0.25) is 14.6 Å². The molecule has 4 aromatic rings. The molecule has 1 atom stereocenters. The summed E-state index contributed by atoms with van der Waals surface area (Å²) in [4.78, 5) is 31.4. The molecule has 2 amide bonds. The third-order valence-electron chi connectivity index (χ3n) is 12.7. The molecule has 0 bridgehead atoms. The summed E-state index contributed by atoms with van der Waals surface area (Å²) in [6.07, 6.45) is 2.42. The lowest BCUT2D eigenvalue weighted by Crippen LogP contribution is -2.49. The van der Waals surface area contributed by atoms with Crippen LogP contribution in [0.3, 0.4) is 0 Å². The van der Waals surface area contributed by atoms with Crippen LogP contribution in [-0.2, 0) is 19.9 Å². The molecule has 0 radical (unpaired) electrons. The van der Waals surface area contributed by atoms with Crippen molar-refractivity contribution in [1.82, 2.24) is 19.4 Å². The summed E-state index contributed by atoms with van der Waals surface area (Å²) in [5.74, 6) is -0.759. The molecular formula is C48H56ClF3N6O7S3. The fourth-order valence-electron chi connectivity index (χ4n) is 8.83. The lowest BCUT2D eigenvalue weighted by atomic mass is 9.73. The van der Waals surface area contributed by atoms with Crippen molar-refractivity contribution in [2.45, 2.75) is 65.8 Å². The van der Waals surface area contributed by atoms with Gasteiger partial charge in [0, 0.05) is 98.4 Å². The van der Waals surface area contributed by atoms with Crippen LogP contribution in [0.2, 0.25) is 5.02 Å². The highest BCUT2D eigenvalue weighted by Gasteiger charge is 2.48. The topological polar surface area (TPSA) is 160 Å². The number of allylic oxidation sites excluding steroid dienone is 1. The lowest BCUT2D eigenvalue weighted by molar-refractivity contribution is -0.0436. The van der Waals surface area contributed by atoms with Gasteiger partial charge in [-0.1, -0.05) is 61.4 Å². The molecule has 4 aromatic carbocycles. The summed E-state index contributed by atoms with van der Waals surface area (Å²) >= 11 is 7.58. The molecule has 2 aliphatic heterocycles. The zero-order chi connectivity index (χ0) is 48.9. The first-order chi connectivity index (χ1) is 32.2. The van der Waals surface area contributed by atoms with Crippen molar-refractivity contribution in [2.75, 3.05) is 81.4 Å². The minimum absolute atomic E-state index is 0.0258. The minimum atomic E-state index is -6.11. The van der Waals surface area contributed by atoms with Crippen molar-refractivity contribution < 1.29 is 44.7 Å². The van der Waals surface area contributed by atoms with E-state index in [0.717, 1.165) is 74.7 Å². The predicted molar refractivity (Wildman–Crippen MR) is 261 cm³/mol. The zero-order valence-electron chi connectivity index (χ0n) is 37.8. The van der Waals surface area contributed by atoms with Gasteiger partial charge in [-0.2, -0.15) is 13.2 Å². The number of sulfone groups is 1. The molecule has 0 unspecified atom stereocenters. The monoisotopic (exact) mass is 1020 g/mol. The van der Waals surface area contributed by atoms with Crippen LogP contribution in [0.4, 0.5) is 29.3 Å². The normalized spacial score (nSPS) is 18.0. The average molecular weight is 1020 g/mol. The summed E-state index contributed by atoms with van der Waals surface area (Å²) in [5, 5.41) is 13.0.